The minimum Gasteiger partial charge on any atom is -0.341 e. The Morgan fingerprint density at radius 1 is 1.24 bits per heavy atom. The van der Waals surface area contributed by atoms with Crippen LogP contribution in [0.4, 0.5) is 23.8 Å². The number of anilines is 1. The van der Waals surface area contributed by atoms with Crippen molar-refractivity contribution in [2.24, 2.45) is 0 Å². The third kappa shape index (κ3) is 4.04. The zero-order valence-corrected chi connectivity index (χ0v) is 19.1. The van der Waals surface area contributed by atoms with E-state index in [0.717, 1.165) is 17.9 Å². The molecule has 0 bridgehead atoms. The molecule has 8 nitrogen and oxygen atoms in total. The second kappa shape index (κ2) is 8.46. The van der Waals surface area contributed by atoms with Crippen molar-refractivity contribution in [2.45, 2.75) is 24.9 Å². The molecule has 4 amide bonds. The molecule has 0 unspecified atom stereocenters. The first-order valence-corrected chi connectivity index (χ1v) is 10.7. The number of amides is 4. The fourth-order valence-corrected chi connectivity index (χ4v) is 4.34. The highest BCUT2D eigenvalue weighted by molar-refractivity contribution is 6.30. The van der Waals surface area contributed by atoms with Crippen LogP contribution in [0.2, 0.25) is 5.02 Å². The van der Waals surface area contributed by atoms with Gasteiger partial charge < -0.3 is 15.1 Å². The van der Waals surface area contributed by atoms with E-state index in [-0.39, 0.29) is 36.0 Å². The van der Waals surface area contributed by atoms with Gasteiger partial charge in [0.1, 0.15) is 6.54 Å². The topological polar surface area (TPSA) is 85.9 Å². The minimum atomic E-state index is -3.02. The van der Waals surface area contributed by atoms with E-state index in [1.54, 1.807) is 0 Å². The average Bonchev–Trinajstić information content (AvgIpc) is 2.74. The van der Waals surface area contributed by atoms with E-state index in [1.165, 1.54) is 47.3 Å². The summed E-state index contributed by atoms with van der Waals surface area (Å²) in [5.74, 6) is -5.32. The van der Waals surface area contributed by atoms with E-state index in [4.69, 9.17) is 11.6 Å². The van der Waals surface area contributed by atoms with Gasteiger partial charge in [-0.2, -0.15) is 0 Å². The Labute approximate surface area is 198 Å². The number of nitrogens with zero attached hydrogens (tertiary/aromatic N) is 4. The number of nitrogens with one attached hydrogen (secondary N) is 1. The quantitative estimate of drug-likeness (QED) is 0.707. The molecule has 0 aliphatic carbocycles. The number of carbonyl (C=O) groups is 3. The standard InChI is InChI=1S/C22H21ClF3N5O3/c1-21(25,26)14-5-3-13(4-6-14)9-31-17(32)10-30(18-16(24)7-15(23)8-28-18)19(33)22(31)11-29(12-22)20(34)27-2/h3-8H,9-12H2,1-2H3,(H,27,34). The maximum atomic E-state index is 14.5. The third-order valence-corrected chi connectivity index (χ3v) is 6.21. The van der Waals surface area contributed by atoms with Gasteiger partial charge in [-0.3, -0.25) is 14.5 Å². The first-order valence-electron chi connectivity index (χ1n) is 10.3. The number of hydrogen-bond acceptors (Lipinski definition) is 4. The number of hydrogen-bond donors (Lipinski definition) is 1. The highest BCUT2D eigenvalue weighted by Gasteiger charge is 2.61. The number of halogens is 4. The van der Waals surface area contributed by atoms with Crippen molar-refractivity contribution in [1.29, 1.82) is 0 Å². The van der Waals surface area contributed by atoms with Crippen LogP contribution in [0.5, 0.6) is 0 Å². The largest absolute Gasteiger partial charge is 0.341 e. The van der Waals surface area contributed by atoms with E-state index >= 15 is 0 Å². The molecule has 2 aliphatic rings. The molecule has 2 saturated heterocycles. The third-order valence-electron chi connectivity index (χ3n) is 6.01. The van der Waals surface area contributed by atoms with Gasteiger partial charge in [-0.15, -0.1) is 0 Å². The Morgan fingerprint density at radius 3 is 2.44 bits per heavy atom. The normalized spacial score (nSPS) is 17.8. The van der Waals surface area contributed by atoms with Gasteiger partial charge in [-0.25, -0.2) is 22.9 Å². The molecule has 1 spiro atoms. The molecular weight excluding hydrogens is 475 g/mol. The molecule has 2 fully saturated rings. The van der Waals surface area contributed by atoms with Gasteiger partial charge in [0.25, 0.3) is 11.8 Å². The molecular formula is C22H21ClF3N5O3. The van der Waals surface area contributed by atoms with Gasteiger partial charge in [0, 0.05) is 32.3 Å². The molecule has 2 aromatic rings. The van der Waals surface area contributed by atoms with Crippen molar-refractivity contribution in [3.05, 3.63) is 58.5 Å². The summed E-state index contributed by atoms with van der Waals surface area (Å²) in [7, 11) is 1.43. The van der Waals surface area contributed by atoms with E-state index in [9.17, 15) is 27.6 Å². The van der Waals surface area contributed by atoms with Crippen molar-refractivity contribution in [3.63, 3.8) is 0 Å². The zero-order chi connectivity index (χ0) is 24.8. The number of rotatable bonds is 4. The van der Waals surface area contributed by atoms with Crippen LogP contribution in [0.3, 0.4) is 0 Å². The number of likely N-dealkylation sites (tertiary alicyclic amines) is 1. The van der Waals surface area contributed by atoms with Crippen molar-refractivity contribution in [2.75, 3.05) is 31.6 Å². The lowest BCUT2D eigenvalue weighted by Gasteiger charge is -2.57. The smallest absolute Gasteiger partial charge is 0.317 e. The first kappa shape index (κ1) is 23.8. The summed E-state index contributed by atoms with van der Waals surface area (Å²) >= 11 is 5.76. The van der Waals surface area contributed by atoms with E-state index < -0.39 is 41.7 Å². The SMILES string of the molecule is CNC(=O)N1CC2(C1)C(=O)N(c1ncc(Cl)cc1F)CC(=O)N2Cc1ccc(C(C)(F)F)cc1. The summed E-state index contributed by atoms with van der Waals surface area (Å²) in [6.07, 6.45) is 1.17. The fourth-order valence-electron chi connectivity index (χ4n) is 4.19. The summed E-state index contributed by atoms with van der Waals surface area (Å²) in [5.41, 5.74) is -1.11. The second-order valence-electron chi connectivity index (χ2n) is 8.36. The lowest BCUT2D eigenvalue weighted by Crippen LogP contribution is -2.81. The van der Waals surface area contributed by atoms with Crippen molar-refractivity contribution in [3.8, 4) is 0 Å². The van der Waals surface area contributed by atoms with E-state index in [0.29, 0.717) is 5.56 Å². The molecule has 180 valence electrons. The minimum absolute atomic E-state index is 0.0314. The Hall–Kier alpha value is -3.34. The predicted octanol–water partition coefficient (Wildman–Crippen LogP) is 2.76. The highest BCUT2D eigenvalue weighted by atomic mass is 35.5. The van der Waals surface area contributed by atoms with Gasteiger partial charge in [0.15, 0.2) is 17.2 Å². The van der Waals surface area contributed by atoms with Gasteiger partial charge in [-0.05, 0) is 11.6 Å². The Morgan fingerprint density at radius 2 is 1.88 bits per heavy atom. The van der Waals surface area contributed by atoms with Crippen LogP contribution in [0.25, 0.3) is 0 Å². The molecule has 34 heavy (non-hydrogen) atoms. The van der Waals surface area contributed by atoms with Crippen LogP contribution < -0.4 is 10.2 Å². The second-order valence-corrected chi connectivity index (χ2v) is 8.79. The Kier molecular flexibility index (Phi) is 5.92. The lowest BCUT2D eigenvalue weighted by molar-refractivity contribution is -0.161. The number of benzene rings is 1. The van der Waals surface area contributed by atoms with Gasteiger partial charge >= 0.3 is 6.03 Å². The van der Waals surface area contributed by atoms with Crippen LogP contribution in [0.1, 0.15) is 18.1 Å². The number of urea groups is 1. The van der Waals surface area contributed by atoms with Gasteiger partial charge in [0.2, 0.25) is 5.91 Å². The van der Waals surface area contributed by atoms with Crippen LogP contribution in [-0.2, 0) is 22.1 Å². The van der Waals surface area contributed by atoms with Crippen LogP contribution in [0.15, 0.2) is 36.5 Å². The number of piperazine rings is 1. The van der Waals surface area contributed by atoms with Crippen LogP contribution >= 0.6 is 11.6 Å². The van der Waals surface area contributed by atoms with Crippen LogP contribution in [-0.4, -0.2) is 64.9 Å². The van der Waals surface area contributed by atoms with Crippen molar-refractivity contribution in [1.82, 2.24) is 20.1 Å². The Bertz CT molecular complexity index is 1150. The molecule has 0 saturated carbocycles. The number of carbonyl (C=O) groups excluding carboxylic acids is 3. The van der Waals surface area contributed by atoms with Crippen molar-refractivity contribution >= 4 is 35.3 Å². The average molecular weight is 496 g/mol. The molecule has 0 atom stereocenters. The maximum Gasteiger partial charge on any atom is 0.317 e. The molecule has 0 radical (unpaired) electrons. The number of pyridine rings is 1. The van der Waals surface area contributed by atoms with E-state index in [1.807, 2.05) is 0 Å². The summed E-state index contributed by atoms with van der Waals surface area (Å²) < 4.78 is 41.7. The predicted molar refractivity (Wildman–Crippen MR) is 117 cm³/mol. The summed E-state index contributed by atoms with van der Waals surface area (Å²) in [5, 5.41) is 2.49. The summed E-state index contributed by atoms with van der Waals surface area (Å²) in [4.78, 5) is 46.4. The molecule has 3 heterocycles. The maximum absolute atomic E-state index is 14.5. The molecule has 1 N–H and O–H groups in total. The summed E-state index contributed by atoms with van der Waals surface area (Å²) in [6, 6.07) is 5.99. The summed E-state index contributed by atoms with van der Waals surface area (Å²) in [6.45, 7) is 0.0233. The first-order chi connectivity index (χ1) is 16.0. The molecule has 4 rings (SSSR count). The lowest BCUT2D eigenvalue weighted by atomic mass is 9.83. The highest BCUT2D eigenvalue weighted by Crippen LogP contribution is 2.37. The fraction of sp³-hybridized carbons (Fsp3) is 0.364. The van der Waals surface area contributed by atoms with Crippen LogP contribution in [0, 0.1) is 5.82 Å². The monoisotopic (exact) mass is 495 g/mol. The Balaban J connectivity index is 1.67. The van der Waals surface area contributed by atoms with Crippen molar-refractivity contribution < 1.29 is 27.6 Å². The molecule has 2 aliphatic heterocycles. The van der Waals surface area contributed by atoms with Gasteiger partial charge in [0.05, 0.1) is 18.1 Å². The zero-order valence-electron chi connectivity index (χ0n) is 18.3. The van der Waals surface area contributed by atoms with Gasteiger partial charge in [-0.1, -0.05) is 35.9 Å². The molecule has 1 aromatic heterocycles. The molecule has 12 heteroatoms. The number of alkyl halides is 2. The molecule has 1 aromatic carbocycles. The number of aromatic nitrogens is 1. The van der Waals surface area contributed by atoms with E-state index in [2.05, 4.69) is 10.3 Å².